The van der Waals surface area contributed by atoms with Crippen molar-refractivity contribution in [1.82, 2.24) is 4.90 Å². The van der Waals surface area contributed by atoms with Gasteiger partial charge in [0.2, 0.25) is 0 Å². The molecule has 1 aliphatic heterocycles. The Hall–Kier alpha value is -2.51. The molecule has 1 aromatic carbocycles. The average molecular weight is 391 g/mol. The zero-order valence-electron chi connectivity index (χ0n) is 17.2. The molecule has 8 nitrogen and oxygen atoms in total. The number of carbonyl (C=O) groups is 1. The topological polar surface area (TPSA) is 85.2 Å². The number of carbonyl (C=O) groups excluding carboxylic acids is 1. The van der Waals surface area contributed by atoms with E-state index in [-0.39, 0.29) is 28.7 Å². The molecule has 1 aliphatic carbocycles. The van der Waals surface area contributed by atoms with Crippen LogP contribution in [0.5, 0.6) is 5.75 Å². The van der Waals surface area contributed by atoms with Gasteiger partial charge in [0.05, 0.1) is 23.3 Å². The molecule has 1 heterocycles. The van der Waals surface area contributed by atoms with Crippen LogP contribution in [-0.2, 0) is 4.74 Å². The number of nitro groups is 1. The lowest BCUT2D eigenvalue weighted by Gasteiger charge is -2.41. The molecule has 3 rings (SSSR count). The molecular formula is C20H29N3O5. The summed E-state index contributed by atoms with van der Waals surface area (Å²) in [6.07, 6.45) is 1.58. The molecule has 28 heavy (non-hydrogen) atoms. The largest absolute Gasteiger partial charge is 0.494 e. The lowest BCUT2D eigenvalue weighted by molar-refractivity contribution is -0.385. The van der Waals surface area contributed by atoms with Gasteiger partial charge in [-0.25, -0.2) is 4.79 Å². The van der Waals surface area contributed by atoms with Gasteiger partial charge in [-0.2, -0.15) is 0 Å². The number of hydrogen-bond acceptors (Lipinski definition) is 6. The quantitative estimate of drug-likeness (QED) is 0.571. The predicted octanol–water partition coefficient (Wildman–Crippen LogP) is 3.93. The van der Waals surface area contributed by atoms with E-state index in [1.807, 2.05) is 27.7 Å². The van der Waals surface area contributed by atoms with E-state index >= 15 is 0 Å². The molecule has 154 valence electrons. The molecule has 1 atom stereocenters. The van der Waals surface area contributed by atoms with Gasteiger partial charge < -0.3 is 19.3 Å². The maximum atomic E-state index is 12.4. The number of benzene rings is 1. The zero-order chi connectivity index (χ0) is 20.6. The summed E-state index contributed by atoms with van der Waals surface area (Å²) in [5.74, 6) is 0.783. The summed E-state index contributed by atoms with van der Waals surface area (Å²) in [5.41, 5.74) is 1.15. The fourth-order valence-corrected chi connectivity index (χ4v) is 3.74. The van der Waals surface area contributed by atoms with Gasteiger partial charge in [-0.3, -0.25) is 10.1 Å². The van der Waals surface area contributed by atoms with E-state index in [4.69, 9.17) is 9.47 Å². The lowest BCUT2D eigenvalue weighted by atomic mass is 10.0. The van der Waals surface area contributed by atoms with E-state index in [9.17, 15) is 14.9 Å². The molecule has 0 unspecified atom stereocenters. The molecule has 1 saturated carbocycles. The van der Waals surface area contributed by atoms with Gasteiger partial charge in [0, 0.05) is 31.7 Å². The van der Waals surface area contributed by atoms with Crippen LogP contribution in [0.15, 0.2) is 12.1 Å². The third-order valence-electron chi connectivity index (χ3n) is 5.13. The van der Waals surface area contributed by atoms with Crippen LogP contribution in [0.1, 0.15) is 52.0 Å². The molecule has 0 spiro atoms. The highest BCUT2D eigenvalue weighted by molar-refractivity contribution is 5.71. The number of methoxy groups -OCH3 is 1. The molecule has 0 N–H and O–H groups in total. The Balaban J connectivity index is 1.83. The summed E-state index contributed by atoms with van der Waals surface area (Å²) in [5, 5.41) is 11.5. The summed E-state index contributed by atoms with van der Waals surface area (Å²) in [6, 6.07) is 3.29. The maximum absolute atomic E-state index is 12.4. The predicted molar refractivity (Wildman–Crippen MR) is 106 cm³/mol. The van der Waals surface area contributed by atoms with Crippen molar-refractivity contribution in [2.45, 2.75) is 58.1 Å². The van der Waals surface area contributed by atoms with E-state index in [1.165, 1.54) is 0 Å². The molecule has 2 fully saturated rings. The number of nitrogens with zero attached hydrogens (tertiary/aromatic N) is 3. The van der Waals surface area contributed by atoms with E-state index < -0.39 is 5.60 Å². The first-order valence-corrected chi connectivity index (χ1v) is 9.72. The second kappa shape index (κ2) is 7.48. The Morgan fingerprint density at radius 2 is 1.93 bits per heavy atom. The molecule has 0 bridgehead atoms. The van der Waals surface area contributed by atoms with Gasteiger partial charge in [-0.05, 0) is 52.5 Å². The second-order valence-electron chi connectivity index (χ2n) is 8.55. The van der Waals surface area contributed by atoms with Crippen molar-refractivity contribution in [2.24, 2.45) is 0 Å². The van der Waals surface area contributed by atoms with E-state index in [0.29, 0.717) is 30.9 Å². The normalized spacial score (nSPS) is 20.1. The minimum absolute atomic E-state index is 0.0483. The molecule has 0 aromatic heterocycles. The first-order chi connectivity index (χ1) is 13.1. The van der Waals surface area contributed by atoms with Crippen LogP contribution in [0.25, 0.3) is 0 Å². The van der Waals surface area contributed by atoms with Crippen LogP contribution in [-0.4, -0.2) is 54.3 Å². The Bertz CT molecular complexity index is 770. The summed E-state index contributed by atoms with van der Waals surface area (Å²) < 4.78 is 11.1. The highest BCUT2D eigenvalue weighted by atomic mass is 16.6. The maximum Gasteiger partial charge on any atom is 0.410 e. The van der Waals surface area contributed by atoms with Gasteiger partial charge in [0.15, 0.2) is 5.75 Å². The molecule has 0 radical (unpaired) electrons. The molecule has 1 amide bonds. The fourth-order valence-electron chi connectivity index (χ4n) is 3.74. The third-order valence-corrected chi connectivity index (χ3v) is 5.13. The summed E-state index contributed by atoms with van der Waals surface area (Å²) >= 11 is 0. The SMILES string of the molecule is COc1c(N2CCN(C(=O)OC(C)(C)C)[C@H](C)C2)ccc([N+](=O)[O-])c1C1CC1. The molecular weight excluding hydrogens is 362 g/mol. The first kappa shape index (κ1) is 20.2. The van der Waals surface area contributed by atoms with Crippen LogP contribution in [0, 0.1) is 10.1 Å². The minimum atomic E-state index is -0.533. The number of ether oxygens (including phenoxy) is 2. The van der Waals surface area contributed by atoms with Crippen LogP contribution < -0.4 is 9.64 Å². The number of rotatable bonds is 4. The Labute approximate surface area is 165 Å². The van der Waals surface area contributed by atoms with E-state index in [2.05, 4.69) is 4.90 Å². The van der Waals surface area contributed by atoms with Gasteiger partial charge in [-0.15, -0.1) is 0 Å². The van der Waals surface area contributed by atoms with Crippen LogP contribution in [0.3, 0.4) is 0 Å². The van der Waals surface area contributed by atoms with Crippen molar-refractivity contribution in [3.63, 3.8) is 0 Å². The second-order valence-corrected chi connectivity index (χ2v) is 8.55. The fraction of sp³-hybridized carbons (Fsp3) is 0.650. The highest BCUT2D eigenvalue weighted by Crippen LogP contribution is 2.51. The number of nitro benzene ring substituents is 1. The van der Waals surface area contributed by atoms with Crippen molar-refractivity contribution in [3.8, 4) is 5.75 Å². The van der Waals surface area contributed by atoms with Gasteiger partial charge in [0.1, 0.15) is 5.60 Å². The average Bonchev–Trinajstić information content (AvgIpc) is 3.43. The minimum Gasteiger partial charge on any atom is -0.494 e. The Kier molecular flexibility index (Phi) is 5.41. The van der Waals surface area contributed by atoms with Crippen molar-refractivity contribution in [3.05, 3.63) is 27.8 Å². The highest BCUT2D eigenvalue weighted by Gasteiger charge is 2.37. The van der Waals surface area contributed by atoms with Gasteiger partial charge >= 0.3 is 6.09 Å². The van der Waals surface area contributed by atoms with E-state index in [0.717, 1.165) is 18.5 Å². The number of hydrogen-bond donors (Lipinski definition) is 0. The van der Waals surface area contributed by atoms with Crippen LogP contribution in [0.4, 0.5) is 16.2 Å². The molecule has 1 saturated heterocycles. The lowest BCUT2D eigenvalue weighted by Crippen LogP contribution is -2.55. The number of amides is 1. The van der Waals surface area contributed by atoms with Crippen LogP contribution in [0.2, 0.25) is 0 Å². The Morgan fingerprint density at radius 1 is 1.25 bits per heavy atom. The molecule has 8 heteroatoms. The summed E-state index contributed by atoms with van der Waals surface area (Å²) in [4.78, 5) is 27.5. The van der Waals surface area contributed by atoms with Crippen molar-refractivity contribution in [2.75, 3.05) is 31.6 Å². The van der Waals surface area contributed by atoms with Gasteiger partial charge in [-0.1, -0.05) is 0 Å². The number of piperazine rings is 1. The third kappa shape index (κ3) is 4.15. The first-order valence-electron chi connectivity index (χ1n) is 9.72. The Morgan fingerprint density at radius 3 is 2.43 bits per heavy atom. The molecule has 2 aliphatic rings. The summed E-state index contributed by atoms with van der Waals surface area (Å²) in [6.45, 7) is 9.29. The van der Waals surface area contributed by atoms with Crippen molar-refractivity contribution >= 4 is 17.5 Å². The van der Waals surface area contributed by atoms with Crippen molar-refractivity contribution in [1.29, 1.82) is 0 Å². The molecule has 1 aromatic rings. The van der Waals surface area contributed by atoms with E-state index in [1.54, 1.807) is 24.1 Å². The smallest absolute Gasteiger partial charge is 0.410 e. The summed E-state index contributed by atoms with van der Waals surface area (Å²) in [7, 11) is 1.56. The zero-order valence-corrected chi connectivity index (χ0v) is 17.2. The van der Waals surface area contributed by atoms with Gasteiger partial charge in [0.25, 0.3) is 5.69 Å². The van der Waals surface area contributed by atoms with Crippen molar-refractivity contribution < 1.29 is 19.2 Å². The van der Waals surface area contributed by atoms with Crippen LogP contribution >= 0.6 is 0 Å². The number of anilines is 1. The monoisotopic (exact) mass is 391 g/mol. The standard InChI is InChI=1S/C20H29N3O5/c1-13-12-21(10-11-22(13)19(24)28-20(2,3)4)16-9-8-15(23(25)26)17(14-6-7-14)18(16)27-5/h8-9,13-14H,6-7,10-12H2,1-5H3/t13-/m1/s1.